The van der Waals surface area contributed by atoms with Crippen LogP contribution < -0.4 is 14.7 Å². The van der Waals surface area contributed by atoms with Crippen molar-refractivity contribution in [1.29, 1.82) is 0 Å². The summed E-state index contributed by atoms with van der Waals surface area (Å²) in [7, 11) is 5.97. The molecule has 3 heterocycles. The maximum absolute atomic E-state index is 13.0. The fraction of sp³-hybridized carbons (Fsp3) is 0.438. The number of anilines is 3. The molecule has 122 valence electrons. The van der Waals surface area contributed by atoms with Gasteiger partial charge >= 0.3 is 0 Å². The van der Waals surface area contributed by atoms with E-state index in [1.165, 1.54) is 12.3 Å². The Morgan fingerprint density at radius 1 is 1.13 bits per heavy atom. The van der Waals surface area contributed by atoms with Gasteiger partial charge in [0, 0.05) is 46.3 Å². The molecule has 3 rings (SSSR count). The van der Waals surface area contributed by atoms with Crippen molar-refractivity contribution in [3.63, 3.8) is 0 Å². The second kappa shape index (κ2) is 6.36. The minimum atomic E-state index is -0.307. The highest BCUT2D eigenvalue weighted by Crippen LogP contribution is 2.24. The molecule has 0 amide bonds. The maximum Gasteiger partial charge on any atom is 0.141 e. The molecular formula is C16H21FN6. The normalized spacial score (nSPS) is 17.4. The number of aromatic nitrogens is 3. The Morgan fingerprint density at radius 2 is 1.91 bits per heavy atom. The van der Waals surface area contributed by atoms with Crippen molar-refractivity contribution in [3.05, 3.63) is 36.5 Å². The van der Waals surface area contributed by atoms with Crippen LogP contribution in [0.15, 0.2) is 30.7 Å². The quantitative estimate of drug-likeness (QED) is 0.857. The van der Waals surface area contributed by atoms with Gasteiger partial charge in [0.1, 0.15) is 29.6 Å². The van der Waals surface area contributed by atoms with Gasteiger partial charge in [0.05, 0.1) is 6.20 Å². The smallest absolute Gasteiger partial charge is 0.141 e. The van der Waals surface area contributed by atoms with Crippen LogP contribution in [-0.2, 0) is 0 Å². The molecule has 1 aliphatic heterocycles. The van der Waals surface area contributed by atoms with E-state index in [2.05, 4.69) is 24.8 Å². The van der Waals surface area contributed by atoms with Crippen LogP contribution in [0.25, 0.3) is 0 Å². The fourth-order valence-electron chi connectivity index (χ4n) is 2.78. The van der Waals surface area contributed by atoms with Crippen molar-refractivity contribution in [2.75, 3.05) is 48.9 Å². The number of likely N-dealkylation sites (N-methyl/N-ethyl adjacent to an activating group) is 1. The van der Waals surface area contributed by atoms with Crippen LogP contribution in [-0.4, -0.2) is 55.2 Å². The first kappa shape index (κ1) is 15.5. The summed E-state index contributed by atoms with van der Waals surface area (Å²) in [6, 6.07) is 5.50. The lowest BCUT2D eigenvalue weighted by Gasteiger charge is -2.26. The van der Waals surface area contributed by atoms with Crippen LogP contribution in [0.2, 0.25) is 0 Å². The zero-order valence-electron chi connectivity index (χ0n) is 13.6. The summed E-state index contributed by atoms with van der Waals surface area (Å²) in [6.45, 7) is 1.75. The van der Waals surface area contributed by atoms with Crippen LogP contribution in [0.4, 0.5) is 21.8 Å². The first-order chi connectivity index (χ1) is 11.0. The Hall–Kier alpha value is -2.44. The molecule has 1 saturated heterocycles. The van der Waals surface area contributed by atoms with Gasteiger partial charge in [0.15, 0.2) is 0 Å². The molecule has 1 fully saturated rings. The Kier molecular flexibility index (Phi) is 4.27. The van der Waals surface area contributed by atoms with Crippen molar-refractivity contribution in [2.24, 2.45) is 0 Å². The fourth-order valence-corrected chi connectivity index (χ4v) is 2.78. The summed E-state index contributed by atoms with van der Waals surface area (Å²) >= 11 is 0. The highest BCUT2D eigenvalue weighted by Gasteiger charge is 2.27. The van der Waals surface area contributed by atoms with E-state index in [4.69, 9.17) is 0 Å². The second-order valence-corrected chi connectivity index (χ2v) is 5.96. The summed E-state index contributed by atoms with van der Waals surface area (Å²) in [6.07, 6.45) is 3.87. The van der Waals surface area contributed by atoms with E-state index in [-0.39, 0.29) is 5.82 Å². The number of hydrogen-bond donors (Lipinski definition) is 0. The van der Waals surface area contributed by atoms with Gasteiger partial charge in [-0.2, -0.15) is 0 Å². The molecular weight excluding hydrogens is 295 g/mol. The van der Waals surface area contributed by atoms with Gasteiger partial charge in [0.25, 0.3) is 0 Å². The molecule has 2 aromatic heterocycles. The first-order valence-corrected chi connectivity index (χ1v) is 7.63. The maximum atomic E-state index is 13.0. The van der Waals surface area contributed by atoms with E-state index in [1.54, 1.807) is 12.4 Å². The van der Waals surface area contributed by atoms with Crippen molar-refractivity contribution in [2.45, 2.75) is 12.5 Å². The van der Waals surface area contributed by atoms with E-state index in [9.17, 15) is 4.39 Å². The van der Waals surface area contributed by atoms with Gasteiger partial charge in [-0.15, -0.1) is 0 Å². The lowest BCUT2D eigenvalue weighted by atomic mass is 10.2. The van der Waals surface area contributed by atoms with Crippen molar-refractivity contribution < 1.29 is 4.39 Å². The predicted molar refractivity (Wildman–Crippen MR) is 89.6 cm³/mol. The van der Waals surface area contributed by atoms with E-state index in [0.29, 0.717) is 6.04 Å². The van der Waals surface area contributed by atoms with E-state index in [1.807, 2.05) is 32.1 Å². The molecule has 0 radical (unpaired) electrons. The third-order valence-electron chi connectivity index (χ3n) is 4.20. The Labute approximate surface area is 135 Å². The van der Waals surface area contributed by atoms with E-state index >= 15 is 0 Å². The minimum absolute atomic E-state index is 0.307. The molecule has 0 aliphatic carbocycles. The lowest BCUT2D eigenvalue weighted by molar-refractivity contribution is 0.620. The number of nitrogens with zero attached hydrogens (tertiary/aromatic N) is 6. The Morgan fingerprint density at radius 3 is 2.61 bits per heavy atom. The molecule has 1 atom stereocenters. The molecule has 0 N–H and O–H groups in total. The Balaban J connectivity index is 1.71. The molecule has 0 aromatic carbocycles. The largest absolute Gasteiger partial charge is 0.363 e. The van der Waals surface area contributed by atoms with E-state index in [0.717, 1.165) is 37.0 Å². The lowest BCUT2D eigenvalue weighted by Crippen LogP contribution is -2.35. The van der Waals surface area contributed by atoms with Crippen LogP contribution in [0.5, 0.6) is 0 Å². The van der Waals surface area contributed by atoms with Crippen molar-refractivity contribution >= 4 is 17.5 Å². The average molecular weight is 316 g/mol. The number of pyridine rings is 1. The van der Waals surface area contributed by atoms with Crippen LogP contribution in [0, 0.1) is 5.82 Å². The third kappa shape index (κ3) is 3.33. The SMILES string of the molecule is CN(C)c1cc(N(C)C2CCN(c3ccc(F)cn3)C2)ncn1. The standard InChI is InChI=1S/C16H21FN6/c1-21(2)15-8-16(20-11-19-15)22(3)13-6-7-23(10-13)14-5-4-12(17)9-18-14/h4-5,8-9,11,13H,6-7,10H2,1-3H3. The molecule has 7 heteroatoms. The number of halogens is 1. The van der Waals surface area contributed by atoms with Gasteiger partial charge in [-0.1, -0.05) is 0 Å². The van der Waals surface area contributed by atoms with Gasteiger partial charge < -0.3 is 14.7 Å². The predicted octanol–water partition coefficient (Wildman–Crippen LogP) is 1.79. The number of hydrogen-bond acceptors (Lipinski definition) is 6. The first-order valence-electron chi connectivity index (χ1n) is 7.63. The summed E-state index contributed by atoms with van der Waals surface area (Å²) in [4.78, 5) is 19.1. The molecule has 23 heavy (non-hydrogen) atoms. The monoisotopic (exact) mass is 316 g/mol. The van der Waals surface area contributed by atoms with Gasteiger partial charge in [-0.25, -0.2) is 19.3 Å². The van der Waals surface area contributed by atoms with Crippen molar-refractivity contribution in [1.82, 2.24) is 15.0 Å². The molecule has 1 aliphatic rings. The second-order valence-electron chi connectivity index (χ2n) is 5.96. The Bertz CT molecular complexity index is 660. The summed E-state index contributed by atoms with van der Waals surface area (Å²) in [5.41, 5.74) is 0. The molecule has 6 nitrogen and oxygen atoms in total. The van der Waals surface area contributed by atoms with Crippen LogP contribution in [0.3, 0.4) is 0 Å². The average Bonchev–Trinajstić information content (AvgIpc) is 3.05. The third-order valence-corrected chi connectivity index (χ3v) is 4.20. The highest BCUT2D eigenvalue weighted by atomic mass is 19.1. The van der Waals surface area contributed by atoms with Crippen LogP contribution >= 0.6 is 0 Å². The molecule has 1 unspecified atom stereocenters. The van der Waals surface area contributed by atoms with Crippen LogP contribution in [0.1, 0.15) is 6.42 Å². The highest BCUT2D eigenvalue weighted by molar-refractivity contribution is 5.50. The summed E-state index contributed by atoms with van der Waals surface area (Å²) in [5.74, 6) is 2.30. The summed E-state index contributed by atoms with van der Waals surface area (Å²) in [5, 5.41) is 0. The minimum Gasteiger partial charge on any atom is -0.363 e. The van der Waals surface area contributed by atoms with Gasteiger partial charge in [-0.3, -0.25) is 0 Å². The molecule has 0 saturated carbocycles. The van der Waals surface area contributed by atoms with Gasteiger partial charge in [-0.05, 0) is 18.6 Å². The van der Waals surface area contributed by atoms with Gasteiger partial charge in [0.2, 0.25) is 0 Å². The summed E-state index contributed by atoms with van der Waals surface area (Å²) < 4.78 is 13.0. The zero-order chi connectivity index (χ0) is 16.4. The topological polar surface area (TPSA) is 48.4 Å². The van der Waals surface area contributed by atoms with Crippen molar-refractivity contribution in [3.8, 4) is 0 Å². The molecule has 0 bridgehead atoms. The molecule has 0 spiro atoms. The molecule has 2 aromatic rings. The van der Waals surface area contributed by atoms with E-state index < -0.39 is 0 Å². The zero-order valence-corrected chi connectivity index (χ0v) is 13.6. The number of rotatable bonds is 4.